The zero-order valence-electron chi connectivity index (χ0n) is 19.9. The molecule has 7 nitrogen and oxygen atoms in total. The second-order valence-electron chi connectivity index (χ2n) is 10.0. The number of hydrogen-bond acceptors (Lipinski definition) is 6. The fourth-order valence-corrected chi connectivity index (χ4v) is 4.71. The predicted octanol–water partition coefficient (Wildman–Crippen LogP) is 4.96. The van der Waals surface area contributed by atoms with Crippen LogP contribution in [0.1, 0.15) is 40.5 Å². The summed E-state index contributed by atoms with van der Waals surface area (Å²) < 4.78 is 29.9. The molecule has 1 aromatic carbocycles. The van der Waals surface area contributed by atoms with Gasteiger partial charge in [0.1, 0.15) is 0 Å². The Morgan fingerprint density at radius 3 is 2.21 bits per heavy atom. The standard InChI is InChI=1S/C24H31F2N7/c1-23(2)11-17(12-24(3,4)33(23)6)28-21-19(25)13-27-22(30-21)29-16-9-7-15(8-10-16)18-14-32(5)31-20(18)26/h7-10,13-14,17H,11-12H2,1-6H3,(H2,27,28,29,30). The van der Waals surface area contributed by atoms with E-state index in [1.807, 2.05) is 0 Å². The Morgan fingerprint density at radius 2 is 1.64 bits per heavy atom. The maximum atomic E-state index is 14.5. The summed E-state index contributed by atoms with van der Waals surface area (Å²) in [6.07, 6.45) is 4.53. The van der Waals surface area contributed by atoms with Crippen molar-refractivity contribution in [3.8, 4) is 11.1 Å². The molecule has 0 radical (unpaired) electrons. The van der Waals surface area contributed by atoms with Gasteiger partial charge in [-0.1, -0.05) is 12.1 Å². The summed E-state index contributed by atoms with van der Waals surface area (Å²) in [4.78, 5) is 10.8. The minimum Gasteiger partial charge on any atom is -0.365 e. The smallest absolute Gasteiger partial charge is 0.240 e. The fourth-order valence-electron chi connectivity index (χ4n) is 4.71. The summed E-state index contributed by atoms with van der Waals surface area (Å²) in [5.74, 6) is -0.540. The van der Waals surface area contributed by atoms with Gasteiger partial charge in [-0.3, -0.25) is 9.58 Å². The van der Waals surface area contributed by atoms with Gasteiger partial charge < -0.3 is 10.6 Å². The van der Waals surface area contributed by atoms with Crippen LogP contribution in [0.25, 0.3) is 11.1 Å². The van der Waals surface area contributed by atoms with Gasteiger partial charge in [0.05, 0.1) is 11.8 Å². The molecule has 1 fully saturated rings. The molecule has 0 unspecified atom stereocenters. The number of anilines is 3. The zero-order valence-corrected chi connectivity index (χ0v) is 19.9. The molecule has 4 rings (SSSR count). The van der Waals surface area contributed by atoms with Crippen molar-refractivity contribution in [2.75, 3.05) is 17.7 Å². The number of likely N-dealkylation sites (tertiary alicyclic amines) is 1. The number of piperidine rings is 1. The highest BCUT2D eigenvalue weighted by atomic mass is 19.1. The van der Waals surface area contributed by atoms with Crippen LogP contribution in [0.4, 0.5) is 26.2 Å². The minimum atomic E-state index is -0.518. The number of hydrogen-bond donors (Lipinski definition) is 2. The van der Waals surface area contributed by atoms with E-state index in [4.69, 9.17) is 0 Å². The molecule has 2 N–H and O–H groups in total. The number of benzene rings is 1. The van der Waals surface area contributed by atoms with Gasteiger partial charge in [0.25, 0.3) is 0 Å². The third-order valence-electron chi connectivity index (χ3n) is 6.63. The molecule has 3 aromatic rings. The summed E-state index contributed by atoms with van der Waals surface area (Å²) in [7, 11) is 3.81. The van der Waals surface area contributed by atoms with Crippen molar-refractivity contribution in [2.45, 2.75) is 57.7 Å². The van der Waals surface area contributed by atoms with Crippen LogP contribution in [0.15, 0.2) is 36.7 Å². The number of aromatic nitrogens is 4. The molecule has 1 aliphatic rings. The van der Waals surface area contributed by atoms with Crippen molar-refractivity contribution in [3.05, 3.63) is 48.4 Å². The number of nitrogens with zero attached hydrogens (tertiary/aromatic N) is 5. The van der Waals surface area contributed by atoms with Crippen LogP contribution < -0.4 is 10.6 Å². The third kappa shape index (κ3) is 4.83. The summed E-state index contributed by atoms with van der Waals surface area (Å²) >= 11 is 0. The maximum Gasteiger partial charge on any atom is 0.240 e. The Bertz CT molecular complexity index is 1120. The quantitative estimate of drug-likeness (QED) is 0.567. The van der Waals surface area contributed by atoms with E-state index in [0.29, 0.717) is 16.8 Å². The molecule has 3 heterocycles. The molecule has 1 saturated heterocycles. The van der Waals surface area contributed by atoms with Crippen molar-refractivity contribution in [1.82, 2.24) is 24.6 Å². The molecule has 2 aromatic heterocycles. The van der Waals surface area contributed by atoms with Crippen LogP contribution in [0.5, 0.6) is 0 Å². The molecule has 0 bridgehead atoms. The van der Waals surface area contributed by atoms with E-state index in [-0.39, 0.29) is 28.9 Å². The average Bonchev–Trinajstić information content (AvgIpc) is 3.07. The van der Waals surface area contributed by atoms with Crippen molar-refractivity contribution >= 4 is 17.5 Å². The maximum absolute atomic E-state index is 14.5. The van der Waals surface area contributed by atoms with E-state index < -0.39 is 11.8 Å². The first-order chi connectivity index (χ1) is 15.4. The second-order valence-corrected chi connectivity index (χ2v) is 10.0. The van der Waals surface area contributed by atoms with E-state index >= 15 is 0 Å². The van der Waals surface area contributed by atoms with Gasteiger partial charge in [-0.25, -0.2) is 9.37 Å². The Hall–Kier alpha value is -3.07. The summed E-state index contributed by atoms with van der Waals surface area (Å²) in [5, 5.41) is 10.1. The lowest BCUT2D eigenvalue weighted by Crippen LogP contribution is -2.61. The minimum absolute atomic E-state index is 0.0283. The first-order valence-corrected chi connectivity index (χ1v) is 11.0. The Morgan fingerprint density at radius 1 is 1.00 bits per heavy atom. The monoisotopic (exact) mass is 455 g/mol. The zero-order chi connectivity index (χ0) is 24.0. The van der Waals surface area contributed by atoms with Crippen molar-refractivity contribution < 1.29 is 8.78 Å². The van der Waals surface area contributed by atoms with Crippen LogP contribution in [0.3, 0.4) is 0 Å². The third-order valence-corrected chi connectivity index (χ3v) is 6.63. The molecule has 9 heteroatoms. The lowest BCUT2D eigenvalue weighted by molar-refractivity contribution is -0.00778. The van der Waals surface area contributed by atoms with Crippen molar-refractivity contribution in [2.24, 2.45) is 7.05 Å². The highest BCUT2D eigenvalue weighted by Crippen LogP contribution is 2.38. The number of nitrogens with one attached hydrogen (secondary N) is 2. The number of halogens is 2. The lowest BCUT2D eigenvalue weighted by atomic mass is 9.77. The van der Waals surface area contributed by atoms with Gasteiger partial charge in [0, 0.05) is 36.1 Å². The molecule has 0 aliphatic carbocycles. The van der Waals surface area contributed by atoms with Crippen molar-refractivity contribution in [1.29, 1.82) is 0 Å². The van der Waals surface area contributed by atoms with Crippen molar-refractivity contribution in [3.63, 3.8) is 0 Å². The molecule has 33 heavy (non-hydrogen) atoms. The van der Waals surface area contributed by atoms with Crippen LogP contribution >= 0.6 is 0 Å². The summed E-state index contributed by atoms with van der Waals surface area (Å²) in [6, 6.07) is 7.24. The van der Waals surface area contributed by atoms with E-state index in [1.165, 1.54) is 10.9 Å². The normalized spacial score (nSPS) is 18.3. The van der Waals surface area contributed by atoms with Crippen LogP contribution in [0.2, 0.25) is 0 Å². The number of rotatable bonds is 5. The predicted molar refractivity (Wildman–Crippen MR) is 126 cm³/mol. The first kappa shape index (κ1) is 23.1. The Kier molecular flexibility index (Phi) is 5.86. The van der Waals surface area contributed by atoms with Crippen LogP contribution in [-0.4, -0.2) is 48.8 Å². The van der Waals surface area contributed by atoms with E-state index in [2.05, 4.69) is 65.3 Å². The summed E-state index contributed by atoms with van der Waals surface area (Å²) in [5.41, 5.74) is 1.79. The van der Waals surface area contributed by atoms with Gasteiger partial charge in [0.2, 0.25) is 11.9 Å². The molecular formula is C24H31F2N7. The Balaban J connectivity index is 1.49. The molecule has 0 amide bonds. The highest BCUT2D eigenvalue weighted by Gasteiger charge is 2.43. The van der Waals surface area contributed by atoms with Crippen LogP contribution in [0, 0.1) is 11.8 Å². The molecule has 1 aliphatic heterocycles. The van der Waals surface area contributed by atoms with Gasteiger partial charge in [-0.2, -0.15) is 9.37 Å². The fraction of sp³-hybridized carbons (Fsp3) is 0.458. The van der Waals surface area contributed by atoms with Gasteiger partial charge in [0.15, 0.2) is 11.6 Å². The second kappa shape index (κ2) is 8.37. The SMILES string of the molecule is CN1C(C)(C)CC(Nc2nc(Nc3ccc(-c4cn(C)nc4F)cc3)ncc2F)CC1(C)C. The van der Waals surface area contributed by atoms with E-state index in [1.54, 1.807) is 37.5 Å². The lowest BCUT2D eigenvalue weighted by Gasteiger charge is -2.53. The molecular weight excluding hydrogens is 424 g/mol. The van der Waals surface area contributed by atoms with E-state index in [0.717, 1.165) is 12.8 Å². The highest BCUT2D eigenvalue weighted by molar-refractivity contribution is 5.66. The number of aryl methyl sites for hydroxylation is 1. The summed E-state index contributed by atoms with van der Waals surface area (Å²) in [6.45, 7) is 8.81. The van der Waals surface area contributed by atoms with Crippen LogP contribution in [-0.2, 0) is 7.05 Å². The van der Waals surface area contributed by atoms with Gasteiger partial charge in [-0.05, 0) is 65.3 Å². The largest absolute Gasteiger partial charge is 0.365 e. The average molecular weight is 456 g/mol. The van der Waals surface area contributed by atoms with Gasteiger partial charge in [-0.15, -0.1) is 5.10 Å². The first-order valence-electron chi connectivity index (χ1n) is 11.0. The molecule has 0 spiro atoms. The molecule has 0 atom stereocenters. The topological polar surface area (TPSA) is 70.9 Å². The molecule has 0 saturated carbocycles. The van der Waals surface area contributed by atoms with Gasteiger partial charge >= 0.3 is 0 Å². The molecule has 176 valence electrons. The van der Waals surface area contributed by atoms with E-state index in [9.17, 15) is 8.78 Å². The Labute approximate surface area is 193 Å².